The number of rotatable bonds is 6. The highest BCUT2D eigenvalue weighted by molar-refractivity contribution is 5.67. The minimum atomic E-state index is -1.28. The van der Waals surface area contributed by atoms with E-state index in [1.807, 2.05) is 13.8 Å². The summed E-state index contributed by atoms with van der Waals surface area (Å²) in [5.41, 5.74) is 0.132. The van der Waals surface area contributed by atoms with Gasteiger partial charge >= 0.3 is 11.9 Å². The Morgan fingerprint density at radius 3 is 2.29 bits per heavy atom. The predicted octanol–water partition coefficient (Wildman–Crippen LogP) is 2.30. The van der Waals surface area contributed by atoms with E-state index in [-0.39, 0.29) is 12.3 Å². The van der Waals surface area contributed by atoms with Gasteiger partial charge in [-0.25, -0.2) is 0 Å². The number of esters is 2. The fraction of sp³-hybridized carbons (Fsp3) is 0.667. The van der Waals surface area contributed by atoms with Crippen molar-refractivity contribution in [2.45, 2.75) is 78.0 Å². The van der Waals surface area contributed by atoms with Gasteiger partial charge in [0.25, 0.3) is 0 Å². The number of aliphatic hydroxyl groups is 3. The Bertz CT molecular complexity index is 762. The second-order valence-electron chi connectivity index (χ2n) is 9.37. The first-order valence-electron chi connectivity index (χ1n) is 10.7. The summed E-state index contributed by atoms with van der Waals surface area (Å²) in [6, 6.07) is 0. The van der Waals surface area contributed by atoms with E-state index in [1.54, 1.807) is 32.1 Å². The van der Waals surface area contributed by atoms with E-state index in [4.69, 9.17) is 9.47 Å². The molecule has 0 saturated heterocycles. The molecule has 174 valence electrons. The summed E-state index contributed by atoms with van der Waals surface area (Å²) < 4.78 is 11.1. The topological polar surface area (TPSA) is 113 Å². The highest BCUT2D eigenvalue weighted by Crippen LogP contribution is 2.48. The lowest BCUT2D eigenvalue weighted by Gasteiger charge is -2.40. The second kappa shape index (κ2) is 9.67. The number of ether oxygens (including phenoxy) is 2. The normalized spacial score (nSPS) is 35.4. The van der Waals surface area contributed by atoms with Crippen molar-refractivity contribution in [2.24, 2.45) is 23.7 Å². The van der Waals surface area contributed by atoms with Gasteiger partial charge in [-0.15, -0.1) is 0 Å². The van der Waals surface area contributed by atoms with Gasteiger partial charge in [-0.2, -0.15) is 0 Å². The average Bonchev–Trinajstić information content (AvgIpc) is 2.90. The predicted molar refractivity (Wildman–Crippen MR) is 116 cm³/mol. The fourth-order valence-electron chi connectivity index (χ4n) is 4.99. The highest BCUT2D eigenvalue weighted by atomic mass is 16.6. The van der Waals surface area contributed by atoms with E-state index in [0.717, 1.165) is 5.57 Å². The maximum Gasteiger partial charge on any atom is 0.303 e. The molecule has 0 spiro atoms. The summed E-state index contributed by atoms with van der Waals surface area (Å²) in [5.74, 6) is -3.09. The molecule has 0 aromatic rings. The van der Waals surface area contributed by atoms with Crippen molar-refractivity contribution in [1.29, 1.82) is 0 Å². The number of carbonyl (C=O) groups excluding carboxylic acids is 2. The van der Waals surface area contributed by atoms with Crippen LogP contribution in [0.4, 0.5) is 0 Å². The Morgan fingerprint density at radius 1 is 1.19 bits per heavy atom. The van der Waals surface area contributed by atoms with Gasteiger partial charge < -0.3 is 24.8 Å². The summed E-state index contributed by atoms with van der Waals surface area (Å²) in [4.78, 5) is 23.6. The Morgan fingerprint density at radius 2 is 1.77 bits per heavy atom. The molecule has 7 nitrogen and oxygen atoms in total. The first-order chi connectivity index (χ1) is 14.3. The van der Waals surface area contributed by atoms with Crippen LogP contribution >= 0.6 is 0 Å². The first-order valence-corrected chi connectivity index (χ1v) is 10.7. The molecule has 1 saturated carbocycles. The molecule has 2 aliphatic carbocycles. The molecule has 9 atom stereocenters. The van der Waals surface area contributed by atoms with E-state index in [2.05, 4.69) is 6.58 Å². The zero-order valence-electron chi connectivity index (χ0n) is 19.2. The summed E-state index contributed by atoms with van der Waals surface area (Å²) in [6.45, 7) is 13.7. The fourth-order valence-corrected chi connectivity index (χ4v) is 4.99. The second-order valence-corrected chi connectivity index (χ2v) is 9.37. The molecular weight excluding hydrogens is 400 g/mol. The van der Waals surface area contributed by atoms with Crippen molar-refractivity contribution in [3.8, 4) is 0 Å². The molecule has 0 aliphatic heterocycles. The van der Waals surface area contributed by atoms with Gasteiger partial charge in [-0.3, -0.25) is 9.59 Å². The Hall–Kier alpha value is -1.96. The van der Waals surface area contributed by atoms with E-state index < -0.39 is 59.7 Å². The van der Waals surface area contributed by atoms with E-state index >= 15 is 0 Å². The third-order valence-corrected chi connectivity index (χ3v) is 6.48. The minimum absolute atomic E-state index is 0.178. The lowest BCUT2D eigenvalue weighted by molar-refractivity contribution is -0.170. The molecular formula is C24H36O7. The van der Waals surface area contributed by atoms with Crippen LogP contribution in [0.5, 0.6) is 0 Å². The first kappa shape index (κ1) is 25.3. The van der Waals surface area contributed by atoms with Crippen LogP contribution in [0.25, 0.3) is 0 Å². The quantitative estimate of drug-likeness (QED) is 0.432. The zero-order valence-corrected chi connectivity index (χ0v) is 19.2. The summed E-state index contributed by atoms with van der Waals surface area (Å²) >= 11 is 0. The van der Waals surface area contributed by atoms with Crippen LogP contribution in [0, 0.1) is 23.7 Å². The number of carbonyl (C=O) groups is 2. The summed E-state index contributed by atoms with van der Waals surface area (Å²) in [6.07, 6.45) is 1.65. The molecule has 7 heteroatoms. The Kier molecular flexibility index (Phi) is 7.89. The molecule has 0 aromatic carbocycles. The van der Waals surface area contributed by atoms with Crippen molar-refractivity contribution in [3.05, 3.63) is 36.0 Å². The maximum absolute atomic E-state index is 11.9. The zero-order chi connectivity index (χ0) is 23.7. The van der Waals surface area contributed by atoms with E-state index in [9.17, 15) is 24.9 Å². The van der Waals surface area contributed by atoms with Crippen LogP contribution in [0.2, 0.25) is 0 Å². The molecule has 0 heterocycles. The number of aliphatic hydroxyl groups excluding tert-OH is 2. The molecule has 0 amide bonds. The standard InChI is InChI=1S/C24H36O7/c1-12(2)10-20(30-15(5)25)23(31-16(6)26)14(4)18-11-19(27)13(3)17-8-9-24(7,29)21(17)22(18)28/h8-10,14,17-23,27-29H,3,11H2,1-2,4-7H3/t14-,17+,18+,19-,20+,21-,22-,23+,24+/m1/s1. The molecule has 1 fully saturated rings. The van der Waals surface area contributed by atoms with Crippen molar-refractivity contribution in [1.82, 2.24) is 0 Å². The molecule has 2 aliphatic rings. The van der Waals surface area contributed by atoms with Crippen molar-refractivity contribution in [3.63, 3.8) is 0 Å². The molecule has 0 bridgehead atoms. The largest absolute Gasteiger partial charge is 0.458 e. The third-order valence-electron chi connectivity index (χ3n) is 6.48. The van der Waals surface area contributed by atoms with Crippen molar-refractivity contribution < 1.29 is 34.4 Å². The Balaban J connectivity index is 2.47. The smallest absolute Gasteiger partial charge is 0.303 e. The lowest BCUT2D eigenvalue weighted by Crippen LogP contribution is -2.49. The van der Waals surface area contributed by atoms with Gasteiger partial charge in [0.05, 0.1) is 17.8 Å². The number of allylic oxidation sites excluding steroid dienone is 2. The van der Waals surface area contributed by atoms with Gasteiger partial charge in [-0.1, -0.05) is 31.2 Å². The van der Waals surface area contributed by atoms with Gasteiger partial charge in [0.2, 0.25) is 0 Å². The van der Waals surface area contributed by atoms with E-state index in [1.165, 1.54) is 13.8 Å². The van der Waals surface area contributed by atoms with Crippen molar-refractivity contribution >= 4 is 11.9 Å². The molecule has 2 rings (SSSR count). The molecule has 0 radical (unpaired) electrons. The van der Waals surface area contributed by atoms with Crippen molar-refractivity contribution in [2.75, 3.05) is 0 Å². The van der Waals surface area contributed by atoms with Crippen LogP contribution in [-0.4, -0.2) is 57.3 Å². The molecule has 31 heavy (non-hydrogen) atoms. The minimum Gasteiger partial charge on any atom is -0.458 e. The number of hydrogen-bond donors (Lipinski definition) is 3. The van der Waals surface area contributed by atoms with E-state index in [0.29, 0.717) is 5.57 Å². The van der Waals surface area contributed by atoms with Gasteiger partial charge in [-0.05, 0) is 44.8 Å². The SMILES string of the molecule is C=C1[C@H](O)C[C@@H]([C@@H](C)[C@H](OC(C)=O)[C@H](C=C(C)C)OC(C)=O)[C@@H](O)[C@H]2[C@H]1C=C[C@]2(C)O. The molecule has 0 unspecified atom stereocenters. The number of hydrogen-bond acceptors (Lipinski definition) is 7. The van der Waals surface area contributed by atoms with Gasteiger partial charge in [0.1, 0.15) is 6.10 Å². The maximum atomic E-state index is 11.9. The molecule has 3 N–H and O–H groups in total. The Labute approximate surface area is 184 Å². The van der Waals surface area contributed by atoms with Crippen LogP contribution in [0.3, 0.4) is 0 Å². The number of fused-ring (bicyclic) bond motifs is 1. The van der Waals surface area contributed by atoms with Gasteiger partial charge in [0, 0.05) is 31.6 Å². The molecule has 0 aromatic heterocycles. The van der Waals surface area contributed by atoms with Crippen LogP contribution < -0.4 is 0 Å². The van der Waals surface area contributed by atoms with Crippen LogP contribution in [-0.2, 0) is 19.1 Å². The van der Waals surface area contributed by atoms with Crippen LogP contribution in [0.1, 0.15) is 48.0 Å². The third kappa shape index (κ3) is 5.64. The average molecular weight is 437 g/mol. The lowest BCUT2D eigenvalue weighted by atomic mass is 9.72. The summed E-state index contributed by atoms with van der Waals surface area (Å²) in [5, 5.41) is 33.0. The highest BCUT2D eigenvalue weighted by Gasteiger charge is 2.53. The van der Waals surface area contributed by atoms with Gasteiger partial charge in [0.15, 0.2) is 6.10 Å². The summed E-state index contributed by atoms with van der Waals surface area (Å²) in [7, 11) is 0. The monoisotopic (exact) mass is 436 g/mol. The van der Waals surface area contributed by atoms with Crippen LogP contribution in [0.15, 0.2) is 36.0 Å².